The predicted octanol–water partition coefficient (Wildman–Crippen LogP) is 4.97. The lowest BCUT2D eigenvalue weighted by molar-refractivity contribution is -0.500. The molecule has 0 fully saturated rings. The van der Waals surface area contributed by atoms with Crippen LogP contribution >= 0.6 is 22.6 Å². The van der Waals surface area contributed by atoms with Gasteiger partial charge in [-0.1, -0.05) is 24.3 Å². The van der Waals surface area contributed by atoms with Crippen molar-refractivity contribution in [2.45, 2.75) is 32.4 Å². The van der Waals surface area contributed by atoms with Crippen molar-refractivity contribution in [2.75, 3.05) is 6.54 Å². The van der Waals surface area contributed by atoms with E-state index in [0.717, 1.165) is 30.3 Å². The van der Waals surface area contributed by atoms with Crippen LogP contribution < -0.4 is 5.32 Å². The number of rotatable bonds is 5. The molecule has 1 atom stereocenters. The molecule has 6 nitrogen and oxygen atoms in total. The number of hydroxylamine groups is 1. The molecule has 0 saturated heterocycles. The fraction of sp³-hybridized carbons (Fsp3) is 0.273. The van der Waals surface area contributed by atoms with E-state index in [4.69, 9.17) is 4.74 Å². The van der Waals surface area contributed by atoms with Crippen LogP contribution in [0.1, 0.15) is 37.9 Å². The van der Waals surface area contributed by atoms with E-state index in [9.17, 15) is 10.0 Å². The van der Waals surface area contributed by atoms with E-state index < -0.39 is 17.7 Å². The van der Waals surface area contributed by atoms with Crippen molar-refractivity contribution < 1.29 is 14.3 Å². The molecule has 152 valence electrons. The topological polar surface area (TPSA) is 80.2 Å². The van der Waals surface area contributed by atoms with Gasteiger partial charge in [0.15, 0.2) is 6.21 Å². The first-order valence-corrected chi connectivity index (χ1v) is 10.4. The van der Waals surface area contributed by atoms with Gasteiger partial charge in [0.05, 0.1) is 6.54 Å². The molecule has 3 aromatic rings. The van der Waals surface area contributed by atoms with Gasteiger partial charge in [0.2, 0.25) is 6.04 Å². The molecule has 29 heavy (non-hydrogen) atoms. The van der Waals surface area contributed by atoms with E-state index in [1.165, 1.54) is 6.21 Å². The van der Waals surface area contributed by atoms with Crippen LogP contribution in [0.5, 0.6) is 0 Å². The Labute approximate surface area is 183 Å². The second-order valence-electron chi connectivity index (χ2n) is 7.73. The maximum absolute atomic E-state index is 13.1. The average Bonchev–Trinajstić information content (AvgIpc) is 3.04. The largest absolute Gasteiger partial charge is 0.623 e. The van der Waals surface area contributed by atoms with Gasteiger partial charge in [0.25, 0.3) is 0 Å². The Hall–Kier alpha value is -2.55. The highest BCUT2D eigenvalue weighted by molar-refractivity contribution is 14.1. The van der Waals surface area contributed by atoms with Gasteiger partial charge in [-0.15, -0.1) is 0 Å². The summed E-state index contributed by atoms with van der Waals surface area (Å²) in [5, 5.41) is 16.8. The van der Waals surface area contributed by atoms with Crippen LogP contribution in [-0.2, 0) is 4.74 Å². The number of aromatic amines is 1. The number of hydrogen-bond donors (Lipinski definition) is 2. The monoisotopic (exact) mass is 505 g/mol. The number of nitrogens with zero attached hydrogens (tertiary/aromatic N) is 1. The minimum Gasteiger partial charge on any atom is -0.623 e. The number of fused-ring (bicyclic) bond motifs is 1. The molecule has 0 spiro atoms. The van der Waals surface area contributed by atoms with E-state index in [-0.39, 0.29) is 6.54 Å². The molecule has 0 bridgehead atoms. The number of nitrogens with one attached hydrogen (secondary N) is 2. The number of alkyl carbamates (subject to hydrolysis) is 1. The minimum atomic E-state index is -0.614. The molecule has 2 aromatic carbocycles. The van der Waals surface area contributed by atoms with Crippen LogP contribution in [0.4, 0.5) is 4.79 Å². The van der Waals surface area contributed by atoms with Crippen molar-refractivity contribution in [3.63, 3.8) is 0 Å². The fourth-order valence-corrected chi connectivity index (χ4v) is 3.49. The molecule has 2 N–H and O–H groups in total. The third-order valence-electron chi connectivity index (χ3n) is 4.26. The zero-order valence-electron chi connectivity index (χ0n) is 16.6. The van der Waals surface area contributed by atoms with Gasteiger partial charge < -0.3 is 20.2 Å². The zero-order chi connectivity index (χ0) is 21.0. The Morgan fingerprint density at radius 3 is 2.69 bits per heavy atom. The van der Waals surface area contributed by atoms with Crippen molar-refractivity contribution in [3.05, 3.63) is 74.6 Å². The van der Waals surface area contributed by atoms with Crippen LogP contribution in [0.15, 0.2) is 54.7 Å². The van der Waals surface area contributed by atoms with Gasteiger partial charge in [-0.2, -0.15) is 0 Å². The first-order valence-electron chi connectivity index (χ1n) is 9.32. The van der Waals surface area contributed by atoms with Crippen molar-refractivity contribution in [1.29, 1.82) is 0 Å². The van der Waals surface area contributed by atoms with Gasteiger partial charge in [0.1, 0.15) is 5.60 Å². The van der Waals surface area contributed by atoms with Crippen LogP contribution in [0.3, 0.4) is 0 Å². The number of H-pyrrole nitrogens is 1. The summed E-state index contributed by atoms with van der Waals surface area (Å²) in [7, 11) is 0. The van der Waals surface area contributed by atoms with Crippen molar-refractivity contribution in [2.24, 2.45) is 0 Å². The number of ether oxygens (including phenoxy) is 1. The summed E-state index contributed by atoms with van der Waals surface area (Å²) in [6.45, 7) is 5.51. The number of carbonyl (C=O) groups excluding carboxylic acids is 1. The molecular weight excluding hydrogens is 481 g/mol. The second-order valence-corrected chi connectivity index (χ2v) is 8.98. The lowest BCUT2D eigenvalue weighted by Gasteiger charge is -2.21. The summed E-state index contributed by atoms with van der Waals surface area (Å²) in [5.74, 6) is 0. The van der Waals surface area contributed by atoms with Gasteiger partial charge >= 0.3 is 6.09 Å². The second kappa shape index (κ2) is 8.86. The van der Waals surface area contributed by atoms with Crippen LogP contribution in [-0.4, -0.2) is 34.2 Å². The lowest BCUT2D eigenvalue weighted by Crippen LogP contribution is -2.36. The summed E-state index contributed by atoms with van der Waals surface area (Å²) >= 11 is 2.25. The van der Waals surface area contributed by atoms with E-state index in [1.807, 2.05) is 54.7 Å². The summed E-state index contributed by atoms with van der Waals surface area (Å²) in [6, 6.07) is 14.8. The molecule has 0 aliphatic heterocycles. The Bertz CT molecular complexity index is 1020. The Morgan fingerprint density at radius 1 is 1.28 bits per heavy atom. The maximum atomic E-state index is 13.1. The smallest absolute Gasteiger partial charge is 0.407 e. The van der Waals surface area contributed by atoms with Crippen LogP contribution in [0.25, 0.3) is 10.9 Å². The van der Waals surface area contributed by atoms with E-state index >= 15 is 0 Å². The summed E-state index contributed by atoms with van der Waals surface area (Å²) in [5.41, 5.74) is 1.95. The number of aromatic nitrogens is 1. The summed E-state index contributed by atoms with van der Waals surface area (Å²) in [6.07, 6.45) is 2.81. The number of carbonyl (C=O) groups is 1. The van der Waals surface area contributed by atoms with Crippen molar-refractivity contribution in [3.8, 4) is 0 Å². The highest BCUT2D eigenvalue weighted by atomic mass is 127. The first kappa shape index (κ1) is 21.2. The van der Waals surface area contributed by atoms with Gasteiger partial charge in [-0.25, -0.2) is 9.53 Å². The van der Waals surface area contributed by atoms with Crippen LogP contribution in [0, 0.1) is 8.78 Å². The summed E-state index contributed by atoms with van der Waals surface area (Å²) < 4.78 is 7.30. The summed E-state index contributed by atoms with van der Waals surface area (Å²) in [4.78, 5) is 15.4. The standard InChI is InChI=1S/C22H24IN3O3/c1-22(2,3)29-21(27)25-13-20(26(28)14-15-7-5-4-6-8-15)18-12-24-19-11-16(23)9-10-17(18)19/h4-12,14,20,24H,13H2,1-3H3,(H,25,27)/b26-14-. The molecule has 0 radical (unpaired) electrons. The Balaban J connectivity index is 1.92. The van der Waals surface area contributed by atoms with E-state index in [0.29, 0.717) is 0 Å². The molecule has 1 heterocycles. The Kier molecular flexibility index (Phi) is 6.46. The number of benzene rings is 2. The van der Waals surface area contributed by atoms with Gasteiger partial charge in [0, 0.05) is 31.8 Å². The lowest BCUT2D eigenvalue weighted by atomic mass is 10.1. The number of amides is 1. The molecule has 7 heteroatoms. The van der Waals surface area contributed by atoms with Crippen molar-refractivity contribution in [1.82, 2.24) is 10.3 Å². The molecule has 0 saturated carbocycles. The number of halogens is 1. The molecule has 0 aliphatic rings. The Morgan fingerprint density at radius 2 is 2.00 bits per heavy atom. The molecule has 0 aliphatic carbocycles. The predicted molar refractivity (Wildman–Crippen MR) is 123 cm³/mol. The van der Waals surface area contributed by atoms with E-state index in [2.05, 4.69) is 32.9 Å². The molecule has 1 unspecified atom stereocenters. The highest BCUT2D eigenvalue weighted by Crippen LogP contribution is 2.27. The third kappa shape index (κ3) is 5.72. The maximum Gasteiger partial charge on any atom is 0.407 e. The van der Waals surface area contributed by atoms with Gasteiger partial charge in [-0.3, -0.25) is 0 Å². The normalized spacial score (nSPS) is 13.3. The molecule has 1 aromatic heterocycles. The molecular formula is C22H24IN3O3. The number of hydrogen-bond acceptors (Lipinski definition) is 3. The minimum absolute atomic E-state index is 0.112. The van der Waals surface area contributed by atoms with E-state index in [1.54, 1.807) is 20.8 Å². The molecule has 3 rings (SSSR count). The quantitative estimate of drug-likeness (QED) is 0.169. The zero-order valence-corrected chi connectivity index (χ0v) is 18.8. The molecule has 1 amide bonds. The SMILES string of the molecule is CC(C)(C)OC(=O)NCC(c1c[nH]c2cc(I)ccc12)/[N+]([O-])=C/c1ccccc1. The fourth-order valence-electron chi connectivity index (χ4n) is 3.00. The first-order chi connectivity index (χ1) is 13.7. The van der Waals surface area contributed by atoms with Crippen molar-refractivity contribution >= 4 is 45.8 Å². The highest BCUT2D eigenvalue weighted by Gasteiger charge is 2.25. The average molecular weight is 505 g/mol. The van der Waals surface area contributed by atoms with Gasteiger partial charge in [-0.05, 0) is 67.6 Å². The third-order valence-corrected chi connectivity index (χ3v) is 4.93. The van der Waals surface area contributed by atoms with Crippen LogP contribution in [0.2, 0.25) is 0 Å².